The monoisotopic (exact) mass is 376 g/mol. The molecule has 0 saturated carbocycles. The van der Waals surface area contributed by atoms with Crippen LogP contribution in [0.25, 0.3) is 0 Å². The maximum atomic E-state index is 12.8. The Morgan fingerprint density at radius 2 is 1.81 bits per heavy atom. The Morgan fingerprint density at radius 3 is 2.42 bits per heavy atom. The minimum Gasteiger partial charge on any atom is -0.475 e. The number of nitrogens with one attached hydrogen (secondary N) is 1. The first-order valence-corrected chi connectivity index (χ1v) is 7.00. The van der Waals surface area contributed by atoms with Crippen LogP contribution in [0, 0.1) is 11.3 Å². The topological polar surface area (TPSA) is 70.8 Å². The van der Waals surface area contributed by atoms with Gasteiger partial charge in [0.15, 0.2) is 0 Å². The number of aromatic nitrogens is 2. The van der Waals surface area contributed by atoms with E-state index in [0.29, 0.717) is 6.07 Å². The lowest BCUT2D eigenvalue weighted by molar-refractivity contribution is -0.141. The lowest BCUT2D eigenvalue weighted by Crippen LogP contribution is -2.17. The molecule has 0 radical (unpaired) electrons. The number of nitriles is 1. The molecular formula is C15H10F6N4O. The molecular weight excluding hydrogens is 366 g/mol. The van der Waals surface area contributed by atoms with Crippen molar-refractivity contribution in [1.29, 1.82) is 5.26 Å². The Bertz CT molecular complexity index is 813. The summed E-state index contributed by atoms with van der Waals surface area (Å²) in [6.07, 6.45) is -8.25. The number of anilines is 1. The number of hydrogen-bond acceptors (Lipinski definition) is 5. The van der Waals surface area contributed by atoms with Crippen LogP contribution in [0.15, 0.2) is 30.5 Å². The second-order valence-electron chi connectivity index (χ2n) is 4.83. The van der Waals surface area contributed by atoms with Crippen molar-refractivity contribution in [3.63, 3.8) is 0 Å². The molecule has 1 N–H and O–H groups in total. The third kappa shape index (κ3) is 4.75. The molecule has 0 aliphatic carbocycles. The molecule has 0 aliphatic rings. The minimum absolute atomic E-state index is 0.146. The molecule has 2 aromatic rings. The molecule has 2 rings (SSSR count). The molecule has 0 spiro atoms. The average Bonchev–Trinajstić information content (AvgIpc) is 2.57. The zero-order valence-corrected chi connectivity index (χ0v) is 12.8. The highest BCUT2D eigenvalue weighted by atomic mass is 19.4. The Balaban J connectivity index is 2.04. The Hall–Kier alpha value is -3.03. The molecule has 0 atom stereocenters. The molecule has 0 aromatic carbocycles. The van der Waals surface area contributed by atoms with Crippen molar-refractivity contribution in [2.75, 3.05) is 18.5 Å². The zero-order valence-electron chi connectivity index (χ0n) is 12.8. The molecule has 138 valence electrons. The molecule has 0 amide bonds. The highest BCUT2D eigenvalue weighted by Crippen LogP contribution is 2.34. The molecule has 0 aliphatic heterocycles. The van der Waals surface area contributed by atoms with Crippen molar-refractivity contribution in [3.8, 4) is 11.9 Å². The summed E-state index contributed by atoms with van der Waals surface area (Å²) in [5.41, 5.74) is -2.43. The van der Waals surface area contributed by atoms with Crippen molar-refractivity contribution in [2.24, 2.45) is 0 Å². The number of rotatable bonds is 5. The lowest BCUT2D eigenvalue weighted by atomic mass is 10.2. The molecule has 0 bridgehead atoms. The summed E-state index contributed by atoms with van der Waals surface area (Å²) in [4.78, 5) is 6.79. The average molecular weight is 376 g/mol. The van der Waals surface area contributed by atoms with Crippen molar-refractivity contribution in [2.45, 2.75) is 12.4 Å². The summed E-state index contributed by atoms with van der Waals surface area (Å²) >= 11 is 0. The van der Waals surface area contributed by atoms with E-state index in [1.807, 2.05) is 0 Å². The third-order valence-corrected chi connectivity index (χ3v) is 3.02. The predicted octanol–water partition coefficient (Wildman–Crippen LogP) is 3.88. The number of pyridine rings is 2. The van der Waals surface area contributed by atoms with Crippen molar-refractivity contribution >= 4 is 5.82 Å². The number of alkyl halides is 6. The third-order valence-electron chi connectivity index (χ3n) is 3.02. The van der Waals surface area contributed by atoms with Crippen LogP contribution in [0.2, 0.25) is 0 Å². The predicted molar refractivity (Wildman–Crippen MR) is 77.2 cm³/mol. The standard InChI is InChI=1S/C15H10F6N4O/c16-14(17,18)10-2-1-5-24-13(10)26-7-6-23-12-9(8-22)3-4-11(25-12)15(19,20)21/h1-5H,6-7H2,(H,23,25). The zero-order chi connectivity index (χ0) is 19.4. The highest BCUT2D eigenvalue weighted by Gasteiger charge is 2.35. The van der Waals surface area contributed by atoms with Gasteiger partial charge in [-0.15, -0.1) is 0 Å². The quantitative estimate of drug-likeness (QED) is 0.634. The fourth-order valence-corrected chi connectivity index (χ4v) is 1.88. The van der Waals surface area contributed by atoms with Crippen LogP contribution in [0.3, 0.4) is 0 Å². The first-order valence-electron chi connectivity index (χ1n) is 7.00. The van der Waals surface area contributed by atoms with Gasteiger partial charge in [-0.05, 0) is 24.3 Å². The number of ether oxygens (including phenoxy) is 1. The van der Waals surface area contributed by atoms with Crippen LogP contribution in [-0.4, -0.2) is 23.1 Å². The van der Waals surface area contributed by atoms with Crippen LogP contribution >= 0.6 is 0 Å². The van der Waals surface area contributed by atoms with E-state index in [2.05, 4.69) is 15.3 Å². The molecule has 0 saturated heterocycles. The second kappa shape index (κ2) is 7.47. The van der Waals surface area contributed by atoms with E-state index in [-0.39, 0.29) is 24.5 Å². The van der Waals surface area contributed by atoms with Gasteiger partial charge in [0, 0.05) is 6.20 Å². The molecule has 2 aromatic heterocycles. The van der Waals surface area contributed by atoms with Crippen molar-refractivity contribution < 1.29 is 31.1 Å². The van der Waals surface area contributed by atoms with E-state index in [0.717, 1.165) is 24.4 Å². The van der Waals surface area contributed by atoms with E-state index in [1.54, 1.807) is 6.07 Å². The molecule has 0 fully saturated rings. The molecule has 2 heterocycles. The van der Waals surface area contributed by atoms with Gasteiger partial charge in [0.1, 0.15) is 29.8 Å². The summed E-state index contributed by atoms with van der Waals surface area (Å²) in [7, 11) is 0. The van der Waals surface area contributed by atoms with Gasteiger partial charge in [-0.1, -0.05) is 0 Å². The summed E-state index contributed by atoms with van der Waals surface area (Å²) in [6, 6.07) is 5.15. The summed E-state index contributed by atoms with van der Waals surface area (Å²) in [5.74, 6) is -0.998. The molecule has 5 nitrogen and oxygen atoms in total. The highest BCUT2D eigenvalue weighted by molar-refractivity contribution is 5.52. The van der Waals surface area contributed by atoms with Gasteiger partial charge in [0.2, 0.25) is 5.88 Å². The van der Waals surface area contributed by atoms with E-state index in [1.165, 1.54) is 0 Å². The SMILES string of the molecule is N#Cc1ccc(C(F)(F)F)nc1NCCOc1ncccc1C(F)(F)F. The molecule has 11 heteroatoms. The fraction of sp³-hybridized carbons (Fsp3) is 0.267. The largest absolute Gasteiger partial charge is 0.475 e. The maximum Gasteiger partial charge on any atom is 0.433 e. The second-order valence-corrected chi connectivity index (χ2v) is 4.83. The van der Waals surface area contributed by atoms with Gasteiger partial charge >= 0.3 is 12.4 Å². The Morgan fingerprint density at radius 1 is 1.08 bits per heavy atom. The first kappa shape index (κ1) is 19.3. The Kier molecular flexibility index (Phi) is 5.54. The van der Waals surface area contributed by atoms with Crippen molar-refractivity contribution in [3.05, 3.63) is 47.3 Å². The van der Waals surface area contributed by atoms with Gasteiger partial charge in [-0.25, -0.2) is 9.97 Å². The van der Waals surface area contributed by atoms with Crippen LogP contribution in [-0.2, 0) is 12.4 Å². The van der Waals surface area contributed by atoms with Gasteiger partial charge in [0.25, 0.3) is 0 Å². The van der Waals surface area contributed by atoms with Gasteiger partial charge in [-0.2, -0.15) is 31.6 Å². The van der Waals surface area contributed by atoms with Crippen LogP contribution < -0.4 is 10.1 Å². The Labute approximate surface area is 143 Å². The van der Waals surface area contributed by atoms with E-state index >= 15 is 0 Å². The van der Waals surface area contributed by atoms with Gasteiger partial charge < -0.3 is 10.1 Å². The van der Waals surface area contributed by atoms with E-state index in [4.69, 9.17) is 10.00 Å². The summed E-state index contributed by atoms with van der Waals surface area (Å²) < 4.78 is 81.3. The fourth-order valence-electron chi connectivity index (χ4n) is 1.88. The van der Waals surface area contributed by atoms with Crippen LogP contribution in [0.4, 0.5) is 32.2 Å². The lowest BCUT2D eigenvalue weighted by Gasteiger charge is -2.14. The number of nitrogens with zero attached hydrogens (tertiary/aromatic N) is 3. The van der Waals surface area contributed by atoms with Crippen LogP contribution in [0.1, 0.15) is 16.8 Å². The first-order chi connectivity index (χ1) is 12.1. The van der Waals surface area contributed by atoms with E-state index in [9.17, 15) is 26.3 Å². The maximum absolute atomic E-state index is 12.8. The normalized spacial score (nSPS) is 11.7. The van der Waals surface area contributed by atoms with Crippen LogP contribution in [0.5, 0.6) is 5.88 Å². The smallest absolute Gasteiger partial charge is 0.433 e. The summed E-state index contributed by atoms with van der Waals surface area (Å²) in [6.45, 7) is -0.542. The van der Waals surface area contributed by atoms with E-state index < -0.39 is 29.5 Å². The molecule has 26 heavy (non-hydrogen) atoms. The minimum atomic E-state index is -4.70. The van der Waals surface area contributed by atoms with Crippen molar-refractivity contribution in [1.82, 2.24) is 9.97 Å². The van der Waals surface area contributed by atoms with Gasteiger partial charge in [-0.3, -0.25) is 0 Å². The van der Waals surface area contributed by atoms with Gasteiger partial charge in [0.05, 0.1) is 12.1 Å². The summed E-state index contributed by atoms with van der Waals surface area (Å²) in [5, 5.41) is 11.3. The molecule has 0 unspecified atom stereocenters. The number of hydrogen-bond donors (Lipinski definition) is 1. The number of halogens is 6.